The second-order valence-corrected chi connectivity index (χ2v) is 9.26. The van der Waals surface area contributed by atoms with Crippen molar-refractivity contribution in [1.82, 2.24) is 4.90 Å². The predicted molar refractivity (Wildman–Crippen MR) is 154 cm³/mol. The van der Waals surface area contributed by atoms with Crippen LogP contribution < -0.4 is 0 Å². The van der Waals surface area contributed by atoms with Gasteiger partial charge in [0.2, 0.25) is 0 Å². The molecule has 0 bridgehead atoms. The molecule has 0 aliphatic carbocycles. The second-order valence-electron chi connectivity index (χ2n) is 9.26. The average Bonchev–Trinajstić information content (AvgIpc) is 2.96. The summed E-state index contributed by atoms with van der Waals surface area (Å²) in [6.07, 6.45) is 3.14. The van der Waals surface area contributed by atoms with Crippen molar-refractivity contribution in [1.29, 1.82) is 0 Å². The highest BCUT2D eigenvalue weighted by molar-refractivity contribution is 5.79. The maximum Gasteiger partial charge on any atom is 0.269 e. The van der Waals surface area contributed by atoms with E-state index in [1.165, 1.54) is 29.5 Å². The molecule has 0 atom stereocenters. The molecule has 0 aliphatic rings. The van der Waals surface area contributed by atoms with E-state index in [9.17, 15) is 15.2 Å². The molecule has 0 spiro atoms. The van der Waals surface area contributed by atoms with Gasteiger partial charge in [-0.15, -0.1) is 0 Å². The Hall–Kier alpha value is -5.02. The fourth-order valence-electron chi connectivity index (χ4n) is 3.82. The van der Waals surface area contributed by atoms with Crippen LogP contribution in [-0.2, 0) is 36.0 Å². The normalized spacial score (nSPS) is 11.3. The van der Waals surface area contributed by atoms with Crippen LogP contribution in [0.5, 0.6) is 5.75 Å². The molecule has 0 aromatic heterocycles. The first-order valence-corrected chi connectivity index (χ1v) is 12.6. The van der Waals surface area contributed by atoms with Gasteiger partial charge in [0, 0.05) is 25.2 Å². The van der Waals surface area contributed by atoms with Crippen LogP contribution >= 0.6 is 0 Å². The van der Waals surface area contributed by atoms with Crippen molar-refractivity contribution in [3.8, 4) is 5.75 Å². The summed E-state index contributed by atoms with van der Waals surface area (Å²) in [5.41, 5.74) is 6.04. The number of non-ortho nitro benzene ring substituents is 1. The number of phenolic OH excluding ortho intramolecular Hbond substituents is 1. The molecule has 9 nitrogen and oxygen atoms in total. The lowest BCUT2D eigenvalue weighted by atomic mass is 10.1. The molecule has 0 aliphatic heterocycles. The minimum absolute atomic E-state index is 0.0395. The molecule has 4 aromatic carbocycles. The zero-order chi connectivity index (χ0) is 28.2. The SMILES string of the molecule is CN(Cc1ccc(CO/N=C/c2ccc(O)cc2)cc1)Cc1ccc(CO/N=C/c2ccc([N+](=O)[O-])cc2)cc1. The lowest BCUT2D eigenvalue weighted by Crippen LogP contribution is -2.17. The Morgan fingerprint density at radius 1 is 0.700 bits per heavy atom. The van der Waals surface area contributed by atoms with Crippen molar-refractivity contribution in [3.05, 3.63) is 141 Å². The van der Waals surface area contributed by atoms with Crippen LogP contribution in [0, 0.1) is 10.1 Å². The van der Waals surface area contributed by atoms with Crippen LogP contribution in [0.15, 0.2) is 107 Å². The van der Waals surface area contributed by atoms with Gasteiger partial charge < -0.3 is 14.8 Å². The number of nitrogens with zero attached hydrogens (tertiary/aromatic N) is 4. The van der Waals surface area contributed by atoms with E-state index in [4.69, 9.17) is 9.68 Å². The van der Waals surface area contributed by atoms with Crippen LogP contribution in [0.25, 0.3) is 0 Å². The lowest BCUT2D eigenvalue weighted by Gasteiger charge is -2.17. The molecule has 0 heterocycles. The van der Waals surface area contributed by atoms with Gasteiger partial charge in [-0.1, -0.05) is 58.8 Å². The summed E-state index contributed by atoms with van der Waals surface area (Å²) < 4.78 is 0. The Morgan fingerprint density at radius 3 is 1.52 bits per heavy atom. The number of aromatic hydroxyl groups is 1. The van der Waals surface area contributed by atoms with E-state index in [2.05, 4.69) is 46.5 Å². The minimum Gasteiger partial charge on any atom is -0.508 e. The summed E-state index contributed by atoms with van der Waals surface area (Å²) in [5.74, 6) is 0.217. The van der Waals surface area contributed by atoms with Gasteiger partial charge in [0.15, 0.2) is 0 Å². The Labute approximate surface area is 232 Å². The van der Waals surface area contributed by atoms with E-state index in [0.717, 1.165) is 35.3 Å². The summed E-state index contributed by atoms with van der Waals surface area (Å²) in [5, 5.41) is 28.0. The summed E-state index contributed by atoms with van der Waals surface area (Å²) in [4.78, 5) is 23.3. The number of rotatable bonds is 13. The largest absolute Gasteiger partial charge is 0.508 e. The van der Waals surface area contributed by atoms with E-state index < -0.39 is 4.92 Å². The van der Waals surface area contributed by atoms with Crippen molar-refractivity contribution in [2.45, 2.75) is 26.3 Å². The zero-order valence-corrected chi connectivity index (χ0v) is 22.1. The highest BCUT2D eigenvalue weighted by atomic mass is 16.6. The topological polar surface area (TPSA) is 110 Å². The molecular formula is C31H30N4O5. The molecule has 4 aromatic rings. The molecule has 0 unspecified atom stereocenters. The Balaban J connectivity index is 1.16. The number of hydrogen-bond acceptors (Lipinski definition) is 8. The highest BCUT2D eigenvalue weighted by Gasteiger charge is 2.05. The van der Waals surface area contributed by atoms with Gasteiger partial charge in [-0.05, 0) is 76.8 Å². The smallest absolute Gasteiger partial charge is 0.269 e. The van der Waals surface area contributed by atoms with E-state index in [1.807, 2.05) is 24.3 Å². The van der Waals surface area contributed by atoms with Crippen molar-refractivity contribution in [3.63, 3.8) is 0 Å². The number of benzene rings is 4. The average molecular weight is 539 g/mol. The number of nitro groups is 1. The van der Waals surface area contributed by atoms with Gasteiger partial charge in [0.1, 0.15) is 19.0 Å². The van der Waals surface area contributed by atoms with Crippen molar-refractivity contribution < 1.29 is 19.7 Å². The van der Waals surface area contributed by atoms with E-state index in [-0.39, 0.29) is 11.4 Å². The van der Waals surface area contributed by atoms with Gasteiger partial charge in [-0.25, -0.2) is 0 Å². The minimum atomic E-state index is -0.437. The monoisotopic (exact) mass is 538 g/mol. The number of hydrogen-bond donors (Lipinski definition) is 1. The summed E-state index contributed by atoms with van der Waals surface area (Å²) >= 11 is 0. The third kappa shape index (κ3) is 9.07. The first kappa shape index (κ1) is 28.0. The van der Waals surface area contributed by atoms with E-state index >= 15 is 0 Å². The van der Waals surface area contributed by atoms with E-state index in [0.29, 0.717) is 13.2 Å². The number of nitro benzene ring substituents is 1. The lowest BCUT2D eigenvalue weighted by molar-refractivity contribution is -0.384. The van der Waals surface area contributed by atoms with Crippen LogP contribution in [0.1, 0.15) is 33.4 Å². The van der Waals surface area contributed by atoms with Crippen molar-refractivity contribution >= 4 is 18.1 Å². The maximum absolute atomic E-state index is 10.7. The molecule has 40 heavy (non-hydrogen) atoms. The Kier molecular flexibility index (Phi) is 9.95. The molecule has 0 saturated carbocycles. The third-order valence-electron chi connectivity index (χ3n) is 5.96. The van der Waals surface area contributed by atoms with Crippen molar-refractivity contribution in [2.75, 3.05) is 7.05 Å². The quantitative estimate of drug-likeness (QED) is 0.126. The maximum atomic E-state index is 10.7. The Morgan fingerprint density at radius 2 is 1.10 bits per heavy atom. The first-order valence-electron chi connectivity index (χ1n) is 12.6. The zero-order valence-electron chi connectivity index (χ0n) is 22.1. The molecule has 4 rings (SSSR count). The summed E-state index contributed by atoms with van der Waals surface area (Å²) in [7, 11) is 2.08. The fraction of sp³-hybridized carbons (Fsp3) is 0.161. The number of oxime groups is 2. The predicted octanol–water partition coefficient (Wildman–Crippen LogP) is 6.03. The standard InChI is InChI=1S/C31H30N4O5/c1-34(21-27-4-8-29(9-5-27)23-40-33-19-25-12-16-31(36)17-13-25)20-26-2-6-28(7-3-26)22-39-32-18-24-10-14-30(15-11-24)35(37)38/h2-19,36H,20-23H2,1H3/b32-18+,33-19+. The van der Waals surface area contributed by atoms with Gasteiger partial charge in [0.25, 0.3) is 5.69 Å². The number of phenols is 1. The van der Waals surface area contributed by atoms with Gasteiger partial charge >= 0.3 is 0 Å². The van der Waals surface area contributed by atoms with Gasteiger partial charge in [-0.2, -0.15) is 0 Å². The molecule has 1 N–H and O–H groups in total. The highest BCUT2D eigenvalue weighted by Crippen LogP contribution is 2.14. The second kappa shape index (κ2) is 14.2. The fourth-order valence-corrected chi connectivity index (χ4v) is 3.82. The van der Waals surface area contributed by atoms with Crippen LogP contribution in [0.3, 0.4) is 0 Å². The third-order valence-corrected chi connectivity index (χ3v) is 5.96. The molecule has 0 radical (unpaired) electrons. The van der Waals surface area contributed by atoms with E-state index in [1.54, 1.807) is 42.6 Å². The van der Waals surface area contributed by atoms with Crippen molar-refractivity contribution in [2.24, 2.45) is 10.3 Å². The first-order chi connectivity index (χ1) is 19.4. The molecule has 9 heteroatoms. The van der Waals surface area contributed by atoms with Gasteiger partial charge in [0.05, 0.1) is 17.4 Å². The molecular weight excluding hydrogens is 508 g/mol. The Bertz CT molecular complexity index is 1420. The molecule has 204 valence electrons. The van der Waals surface area contributed by atoms with Crippen LogP contribution in [0.2, 0.25) is 0 Å². The summed E-state index contributed by atoms with van der Waals surface area (Å²) in [6, 6.07) is 29.3. The van der Waals surface area contributed by atoms with Gasteiger partial charge in [-0.3, -0.25) is 15.0 Å². The molecule has 0 amide bonds. The van der Waals surface area contributed by atoms with Crippen LogP contribution in [-0.4, -0.2) is 34.4 Å². The molecule has 0 fully saturated rings. The summed E-state index contributed by atoms with van der Waals surface area (Å²) in [6.45, 7) is 2.32. The molecule has 0 saturated heterocycles. The van der Waals surface area contributed by atoms with Crippen LogP contribution in [0.4, 0.5) is 5.69 Å².